The summed E-state index contributed by atoms with van der Waals surface area (Å²) in [6, 6.07) is 7.33. The molecule has 84 valence electrons. The summed E-state index contributed by atoms with van der Waals surface area (Å²) in [7, 11) is 0. The van der Waals surface area contributed by atoms with Gasteiger partial charge in [-0.2, -0.15) is 4.98 Å². The Bertz CT molecular complexity index is 470. The predicted molar refractivity (Wildman–Crippen MR) is 58.2 cm³/mol. The van der Waals surface area contributed by atoms with E-state index in [1.165, 1.54) is 6.26 Å². The summed E-state index contributed by atoms with van der Waals surface area (Å²) in [6.07, 6.45) is 1.50. The van der Waals surface area contributed by atoms with E-state index in [9.17, 15) is 0 Å². The molecule has 0 atom stereocenters. The molecule has 1 aromatic carbocycles. The van der Waals surface area contributed by atoms with Gasteiger partial charge >= 0.3 is 6.08 Å². The van der Waals surface area contributed by atoms with Crippen LogP contribution in [0.1, 0.15) is 11.3 Å². The van der Waals surface area contributed by atoms with Crippen molar-refractivity contribution in [3.05, 3.63) is 46.8 Å². The SMILES string of the molecule is OCc1coc(OCc2cccc(Cl)c2)n1. The maximum atomic E-state index is 8.78. The van der Waals surface area contributed by atoms with Gasteiger partial charge in [0.15, 0.2) is 0 Å². The molecule has 0 radical (unpaired) electrons. The molecule has 1 aromatic heterocycles. The number of hydrogen-bond donors (Lipinski definition) is 1. The maximum absolute atomic E-state index is 8.78. The summed E-state index contributed by atoms with van der Waals surface area (Å²) >= 11 is 5.83. The molecule has 0 bridgehead atoms. The molecule has 5 heteroatoms. The second kappa shape index (κ2) is 5.01. The third kappa shape index (κ3) is 2.74. The normalized spacial score (nSPS) is 10.4. The number of oxazole rings is 1. The minimum atomic E-state index is -0.163. The van der Waals surface area contributed by atoms with E-state index < -0.39 is 0 Å². The predicted octanol–water partition coefficient (Wildman–Crippen LogP) is 2.40. The van der Waals surface area contributed by atoms with E-state index in [4.69, 9.17) is 25.9 Å². The number of benzene rings is 1. The van der Waals surface area contributed by atoms with Crippen LogP contribution in [0.4, 0.5) is 0 Å². The van der Waals surface area contributed by atoms with E-state index >= 15 is 0 Å². The lowest BCUT2D eigenvalue weighted by Gasteiger charge is -2.01. The van der Waals surface area contributed by atoms with Gasteiger partial charge in [0.2, 0.25) is 0 Å². The van der Waals surface area contributed by atoms with E-state index in [2.05, 4.69) is 4.98 Å². The van der Waals surface area contributed by atoms with Crippen LogP contribution in [0.2, 0.25) is 5.02 Å². The zero-order valence-electron chi connectivity index (χ0n) is 8.39. The molecule has 0 amide bonds. The lowest BCUT2D eigenvalue weighted by molar-refractivity contribution is 0.219. The second-order valence-electron chi connectivity index (χ2n) is 3.18. The molecule has 0 spiro atoms. The molecule has 0 unspecified atom stereocenters. The van der Waals surface area contributed by atoms with Crippen LogP contribution in [0, 0.1) is 0 Å². The van der Waals surface area contributed by atoms with Gasteiger partial charge < -0.3 is 14.3 Å². The number of halogens is 1. The first-order valence-electron chi connectivity index (χ1n) is 4.70. The molecule has 1 N–H and O–H groups in total. The number of rotatable bonds is 4. The van der Waals surface area contributed by atoms with E-state index in [1.54, 1.807) is 12.1 Å². The fraction of sp³-hybridized carbons (Fsp3) is 0.182. The molecule has 0 saturated heterocycles. The van der Waals surface area contributed by atoms with Gasteiger partial charge in [0.05, 0.1) is 6.61 Å². The van der Waals surface area contributed by atoms with Gasteiger partial charge in [0.25, 0.3) is 0 Å². The summed E-state index contributed by atoms with van der Waals surface area (Å²) in [4.78, 5) is 3.89. The fourth-order valence-corrected chi connectivity index (χ4v) is 1.41. The molecular formula is C11H10ClNO3. The smallest absolute Gasteiger partial charge is 0.394 e. The number of hydrogen-bond acceptors (Lipinski definition) is 4. The Morgan fingerprint density at radius 2 is 2.31 bits per heavy atom. The van der Waals surface area contributed by atoms with Crippen LogP contribution in [0.3, 0.4) is 0 Å². The van der Waals surface area contributed by atoms with Gasteiger partial charge in [-0.05, 0) is 17.7 Å². The Morgan fingerprint density at radius 1 is 1.44 bits per heavy atom. The van der Waals surface area contributed by atoms with Crippen molar-refractivity contribution in [2.24, 2.45) is 0 Å². The van der Waals surface area contributed by atoms with Gasteiger partial charge in [-0.15, -0.1) is 0 Å². The third-order valence-electron chi connectivity index (χ3n) is 1.94. The highest BCUT2D eigenvalue weighted by Crippen LogP contribution is 2.15. The number of ether oxygens (including phenoxy) is 1. The Labute approximate surface area is 97.4 Å². The first-order chi connectivity index (χ1) is 7.78. The summed E-state index contributed by atoms with van der Waals surface area (Å²) in [6.45, 7) is 0.163. The minimum Gasteiger partial charge on any atom is -0.445 e. The zero-order valence-corrected chi connectivity index (χ0v) is 9.15. The molecule has 0 aliphatic carbocycles. The fourth-order valence-electron chi connectivity index (χ4n) is 1.20. The van der Waals surface area contributed by atoms with Crippen molar-refractivity contribution in [1.82, 2.24) is 4.98 Å². The third-order valence-corrected chi connectivity index (χ3v) is 2.18. The molecule has 0 aliphatic rings. The Hall–Kier alpha value is -1.52. The van der Waals surface area contributed by atoms with E-state index in [0.29, 0.717) is 17.3 Å². The molecule has 16 heavy (non-hydrogen) atoms. The number of nitrogens with zero attached hydrogens (tertiary/aromatic N) is 1. The van der Waals surface area contributed by atoms with Gasteiger partial charge in [-0.3, -0.25) is 0 Å². The van der Waals surface area contributed by atoms with Crippen LogP contribution in [0.15, 0.2) is 34.9 Å². The van der Waals surface area contributed by atoms with Gasteiger partial charge in [-0.25, -0.2) is 0 Å². The van der Waals surface area contributed by atoms with E-state index in [0.717, 1.165) is 5.56 Å². The van der Waals surface area contributed by atoms with Crippen molar-refractivity contribution < 1.29 is 14.3 Å². The maximum Gasteiger partial charge on any atom is 0.394 e. The summed E-state index contributed by atoms with van der Waals surface area (Å²) in [5.74, 6) is 0. The largest absolute Gasteiger partial charge is 0.445 e. The lowest BCUT2D eigenvalue weighted by Crippen LogP contribution is -1.95. The molecule has 2 rings (SSSR count). The monoisotopic (exact) mass is 239 g/mol. The topological polar surface area (TPSA) is 55.5 Å². The zero-order chi connectivity index (χ0) is 11.4. The van der Waals surface area contributed by atoms with Gasteiger partial charge in [0.1, 0.15) is 18.6 Å². The second-order valence-corrected chi connectivity index (χ2v) is 3.62. The minimum absolute atomic E-state index is 0.143. The Balaban J connectivity index is 1.96. The first kappa shape index (κ1) is 11.0. The van der Waals surface area contributed by atoms with E-state index in [-0.39, 0.29) is 12.7 Å². The van der Waals surface area contributed by atoms with Crippen LogP contribution in [-0.4, -0.2) is 10.1 Å². The summed E-state index contributed by atoms with van der Waals surface area (Å²) < 4.78 is 10.3. The van der Waals surface area contributed by atoms with Crippen molar-refractivity contribution in [3.8, 4) is 6.08 Å². The highest BCUT2D eigenvalue weighted by molar-refractivity contribution is 6.30. The molecule has 4 nitrogen and oxygen atoms in total. The molecule has 0 fully saturated rings. The molecule has 2 aromatic rings. The number of aliphatic hydroxyl groups excluding tert-OH is 1. The standard InChI is InChI=1S/C11H10ClNO3/c12-9-3-1-2-8(4-9)6-15-11-13-10(5-14)7-16-11/h1-4,7,14H,5-6H2. The lowest BCUT2D eigenvalue weighted by atomic mass is 10.2. The molecule has 0 saturated carbocycles. The van der Waals surface area contributed by atoms with Gasteiger partial charge in [0, 0.05) is 5.02 Å². The average Bonchev–Trinajstić information content (AvgIpc) is 2.74. The molecule has 0 aliphatic heterocycles. The molecule has 1 heterocycles. The summed E-state index contributed by atoms with van der Waals surface area (Å²) in [5.41, 5.74) is 1.37. The van der Waals surface area contributed by atoms with Crippen LogP contribution in [0.25, 0.3) is 0 Å². The quantitative estimate of drug-likeness (QED) is 0.890. The van der Waals surface area contributed by atoms with Crippen LogP contribution in [-0.2, 0) is 13.2 Å². The number of aromatic nitrogens is 1. The number of aliphatic hydroxyl groups is 1. The van der Waals surface area contributed by atoms with Crippen molar-refractivity contribution >= 4 is 11.6 Å². The Kier molecular flexibility index (Phi) is 3.44. The van der Waals surface area contributed by atoms with Crippen molar-refractivity contribution in [2.45, 2.75) is 13.2 Å². The van der Waals surface area contributed by atoms with Crippen LogP contribution >= 0.6 is 11.6 Å². The van der Waals surface area contributed by atoms with Crippen LogP contribution in [0.5, 0.6) is 6.08 Å². The average molecular weight is 240 g/mol. The first-order valence-corrected chi connectivity index (χ1v) is 5.08. The highest BCUT2D eigenvalue weighted by Gasteiger charge is 2.04. The van der Waals surface area contributed by atoms with Crippen molar-refractivity contribution in [3.63, 3.8) is 0 Å². The van der Waals surface area contributed by atoms with Crippen LogP contribution < -0.4 is 4.74 Å². The summed E-state index contributed by atoms with van der Waals surface area (Å²) in [5, 5.41) is 9.43. The van der Waals surface area contributed by atoms with Gasteiger partial charge in [-0.1, -0.05) is 23.7 Å². The van der Waals surface area contributed by atoms with Crippen molar-refractivity contribution in [2.75, 3.05) is 0 Å². The van der Waals surface area contributed by atoms with E-state index in [1.807, 2.05) is 12.1 Å². The van der Waals surface area contributed by atoms with Crippen molar-refractivity contribution in [1.29, 1.82) is 0 Å². The molecular weight excluding hydrogens is 230 g/mol. The Morgan fingerprint density at radius 3 is 3.00 bits per heavy atom. The highest BCUT2D eigenvalue weighted by atomic mass is 35.5.